The number of ether oxygens (including phenoxy) is 1. The average Bonchev–Trinajstić information content (AvgIpc) is 2.67. The summed E-state index contributed by atoms with van der Waals surface area (Å²) in [5.41, 5.74) is 5.81. The summed E-state index contributed by atoms with van der Waals surface area (Å²) >= 11 is 1.39. The van der Waals surface area contributed by atoms with Crippen LogP contribution in [0.5, 0.6) is 5.75 Å². The van der Waals surface area contributed by atoms with E-state index in [4.69, 9.17) is 10.5 Å². The van der Waals surface area contributed by atoms with Gasteiger partial charge in [0.05, 0.1) is 6.61 Å². The molecule has 1 aromatic heterocycles. The summed E-state index contributed by atoms with van der Waals surface area (Å²) in [4.78, 5) is 2.39. The van der Waals surface area contributed by atoms with Gasteiger partial charge in [0.1, 0.15) is 0 Å². The molecule has 2 rings (SSSR count). The number of nitrogens with two attached hydrogens (primary N) is 1. The van der Waals surface area contributed by atoms with E-state index in [1.54, 1.807) is 0 Å². The van der Waals surface area contributed by atoms with Crippen LogP contribution in [0.25, 0.3) is 0 Å². The number of likely N-dealkylation sites (tertiary alicyclic amines) is 1. The molecule has 0 saturated carbocycles. The van der Waals surface area contributed by atoms with Crippen molar-refractivity contribution in [3.8, 4) is 5.75 Å². The average molecular weight is 270 g/mol. The molecule has 1 aliphatic heterocycles. The molecule has 2 atom stereocenters. The van der Waals surface area contributed by atoms with E-state index >= 15 is 0 Å². The number of piperidine rings is 1. The summed E-state index contributed by atoms with van der Waals surface area (Å²) in [5.74, 6) is 1.21. The fourth-order valence-corrected chi connectivity index (χ4v) is 3.01. The second-order valence-corrected chi connectivity index (χ2v) is 5.63. The van der Waals surface area contributed by atoms with Crippen LogP contribution in [0.1, 0.15) is 26.7 Å². The molecule has 0 aliphatic carbocycles. The van der Waals surface area contributed by atoms with E-state index in [1.165, 1.54) is 11.5 Å². The Hall–Kier alpha value is -1.01. The maximum absolute atomic E-state index is 5.81. The fourth-order valence-electron chi connectivity index (χ4n) is 2.28. The lowest BCUT2D eigenvalue weighted by Crippen LogP contribution is -2.42. The van der Waals surface area contributed by atoms with Gasteiger partial charge in [0.2, 0.25) is 0 Å². The van der Waals surface area contributed by atoms with Gasteiger partial charge in [-0.25, -0.2) is 0 Å². The lowest BCUT2D eigenvalue weighted by molar-refractivity contribution is 0.190. The number of aromatic nitrogens is 1. The normalized spacial score (nSPS) is 25.1. The smallest absolute Gasteiger partial charge is 0.197 e. The van der Waals surface area contributed by atoms with E-state index in [1.807, 2.05) is 6.92 Å². The maximum Gasteiger partial charge on any atom is 0.197 e. The maximum atomic E-state index is 5.81. The zero-order valence-corrected chi connectivity index (χ0v) is 12.1. The van der Waals surface area contributed by atoms with Crippen molar-refractivity contribution in [3.05, 3.63) is 0 Å². The Morgan fingerprint density at radius 3 is 3.06 bits per heavy atom. The Bertz CT molecular complexity index is 395. The van der Waals surface area contributed by atoms with Crippen molar-refractivity contribution in [2.24, 2.45) is 0 Å². The summed E-state index contributed by atoms with van der Waals surface area (Å²) in [6, 6.07) is 1.09. The van der Waals surface area contributed by atoms with Gasteiger partial charge in [-0.05, 0) is 45.3 Å². The number of hydrogen-bond acceptors (Lipinski definition) is 6. The molecule has 0 spiro atoms. The van der Waals surface area contributed by atoms with Crippen molar-refractivity contribution in [1.29, 1.82) is 0 Å². The lowest BCUT2D eigenvalue weighted by atomic mass is 9.99. The first-order valence-electron chi connectivity index (χ1n) is 6.46. The van der Waals surface area contributed by atoms with Gasteiger partial charge in [-0.3, -0.25) is 0 Å². The van der Waals surface area contributed by atoms with Gasteiger partial charge in [-0.2, -0.15) is 4.37 Å². The molecule has 1 fully saturated rings. The summed E-state index contributed by atoms with van der Waals surface area (Å²) < 4.78 is 9.70. The van der Waals surface area contributed by atoms with Crippen LogP contribution < -0.4 is 15.8 Å². The largest absolute Gasteiger partial charge is 0.487 e. The van der Waals surface area contributed by atoms with E-state index in [0.29, 0.717) is 30.3 Å². The Morgan fingerprint density at radius 2 is 2.39 bits per heavy atom. The van der Waals surface area contributed by atoms with Gasteiger partial charge in [0, 0.05) is 18.6 Å². The van der Waals surface area contributed by atoms with Gasteiger partial charge >= 0.3 is 0 Å². The van der Waals surface area contributed by atoms with Crippen molar-refractivity contribution in [3.63, 3.8) is 0 Å². The predicted octanol–water partition coefficient (Wildman–Crippen LogP) is 2.02. The fraction of sp³-hybridized carbons (Fsp3) is 0.750. The molecular formula is C12H22N4OS. The Labute approximate surface area is 112 Å². The minimum atomic E-state index is 0.482. The van der Waals surface area contributed by atoms with Crippen LogP contribution in [-0.4, -0.2) is 41.6 Å². The van der Waals surface area contributed by atoms with Gasteiger partial charge in [-0.15, -0.1) is 0 Å². The molecule has 3 N–H and O–H groups in total. The topological polar surface area (TPSA) is 63.4 Å². The zero-order chi connectivity index (χ0) is 13.1. The van der Waals surface area contributed by atoms with E-state index in [2.05, 4.69) is 28.6 Å². The SMILES string of the molecule is CCOc1c(N)nsc1NC1CCN(C)C(C)C1. The summed E-state index contributed by atoms with van der Waals surface area (Å²) in [6.45, 7) is 5.95. The van der Waals surface area contributed by atoms with Crippen molar-refractivity contribution in [2.75, 3.05) is 31.2 Å². The summed E-state index contributed by atoms with van der Waals surface area (Å²) in [6.07, 6.45) is 2.28. The highest BCUT2D eigenvalue weighted by Crippen LogP contribution is 2.36. The van der Waals surface area contributed by atoms with Gasteiger partial charge in [-0.1, -0.05) is 0 Å². The first-order valence-corrected chi connectivity index (χ1v) is 7.23. The van der Waals surface area contributed by atoms with E-state index < -0.39 is 0 Å². The first kappa shape index (κ1) is 13.4. The number of nitrogens with one attached hydrogen (secondary N) is 1. The van der Waals surface area contributed by atoms with Gasteiger partial charge < -0.3 is 20.7 Å². The highest BCUT2D eigenvalue weighted by molar-refractivity contribution is 7.11. The van der Waals surface area contributed by atoms with Crippen molar-refractivity contribution < 1.29 is 4.74 Å². The molecule has 2 unspecified atom stereocenters. The number of nitrogens with zero attached hydrogens (tertiary/aromatic N) is 2. The van der Waals surface area contributed by atoms with E-state index in [0.717, 1.165) is 24.4 Å². The lowest BCUT2D eigenvalue weighted by Gasteiger charge is -2.35. The van der Waals surface area contributed by atoms with E-state index in [-0.39, 0.29) is 0 Å². The quantitative estimate of drug-likeness (QED) is 0.876. The molecule has 0 aromatic carbocycles. The summed E-state index contributed by atoms with van der Waals surface area (Å²) in [7, 11) is 2.18. The second-order valence-electron chi connectivity index (χ2n) is 4.85. The first-order chi connectivity index (χ1) is 8.61. The monoisotopic (exact) mass is 270 g/mol. The Balaban J connectivity index is 2.01. The minimum absolute atomic E-state index is 0.482. The number of nitrogen functional groups attached to an aromatic ring is 1. The number of hydrogen-bond donors (Lipinski definition) is 2. The molecule has 0 amide bonds. The van der Waals surface area contributed by atoms with Crippen LogP contribution in [0.15, 0.2) is 0 Å². The molecule has 18 heavy (non-hydrogen) atoms. The zero-order valence-electron chi connectivity index (χ0n) is 11.3. The highest BCUT2D eigenvalue weighted by Gasteiger charge is 2.24. The van der Waals surface area contributed by atoms with Crippen LogP contribution in [0.2, 0.25) is 0 Å². The molecule has 2 heterocycles. The number of anilines is 2. The summed E-state index contributed by atoms with van der Waals surface area (Å²) in [5, 5.41) is 4.50. The van der Waals surface area contributed by atoms with Gasteiger partial charge in [0.25, 0.3) is 0 Å². The van der Waals surface area contributed by atoms with Crippen LogP contribution >= 0.6 is 11.5 Å². The molecular weight excluding hydrogens is 248 g/mol. The molecule has 0 radical (unpaired) electrons. The minimum Gasteiger partial charge on any atom is -0.487 e. The molecule has 0 bridgehead atoms. The molecule has 1 aliphatic rings. The second kappa shape index (κ2) is 5.75. The molecule has 1 aromatic rings. The molecule has 1 saturated heterocycles. The van der Waals surface area contributed by atoms with Crippen molar-refractivity contribution >= 4 is 22.4 Å². The third kappa shape index (κ3) is 2.87. The molecule has 6 heteroatoms. The molecule has 102 valence electrons. The van der Waals surface area contributed by atoms with Crippen molar-refractivity contribution in [2.45, 2.75) is 38.8 Å². The van der Waals surface area contributed by atoms with E-state index in [9.17, 15) is 0 Å². The third-order valence-corrected chi connectivity index (χ3v) is 4.28. The third-order valence-electron chi connectivity index (χ3n) is 3.51. The highest BCUT2D eigenvalue weighted by atomic mass is 32.1. The van der Waals surface area contributed by atoms with Gasteiger partial charge in [0.15, 0.2) is 16.6 Å². The van der Waals surface area contributed by atoms with Crippen LogP contribution in [0, 0.1) is 0 Å². The number of rotatable bonds is 4. The van der Waals surface area contributed by atoms with Crippen molar-refractivity contribution in [1.82, 2.24) is 9.27 Å². The standard InChI is InChI=1S/C12H22N4OS/c1-4-17-10-11(13)15-18-12(10)14-9-5-6-16(3)8(2)7-9/h8-9,14H,4-7H2,1-3H3,(H2,13,15). The Kier molecular flexibility index (Phi) is 4.29. The predicted molar refractivity (Wildman–Crippen MR) is 76.4 cm³/mol. The van der Waals surface area contributed by atoms with Crippen LogP contribution in [0.3, 0.4) is 0 Å². The van der Waals surface area contributed by atoms with Crippen LogP contribution in [-0.2, 0) is 0 Å². The van der Waals surface area contributed by atoms with Crippen LogP contribution in [0.4, 0.5) is 10.8 Å². The molecule has 5 nitrogen and oxygen atoms in total. The Morgan fingerprint density at radius 1 is 1.61 bits per heavy atom.